The summed E-state index contributed by atoms with van der Waals surface area (Å²) in [6.07, 6.45) is 1.34. The highest BCUT2D eigenvalue weighted by atomic mass is 32.2. The van der Waals surface area contributed by atoms with Crippen molar-refractivity contribution in [2.24, 2.45) is 0 Å². The zero-order valence-corrected chi connectivity index (χ0v) is 21.5. The number of anilines is 1. The lowest BCUT2D eigenvalue weighted by molar-refractivity contribution is -0.140. The molecule has 1 N–H and O–H groups in total. The van der Waals surface area contributed by atoms with E-state index in [2.05, 4.69) is 5.32 Å². The van der Waals surface area contributed by atoms with Crippen LogP contribution in [-0.4, -0.2) is 63.7 Å². The average molecular weight is 522 g/mol. The minimum absolute atomic E-state index is 0.0154. The lowest BCUT2D eigenvalue weighted by Crippen LogP contribution is -2.47. The second-order valence-corrected chi connectivity index (χ2v) is 10.4. The molecule has 0 radical (unpaired) electrons. The van der Waals surface area contributed by atoms with Crippen LogP contribution in [0.1, 0.15) is 32.3 Å². The number of nitrogens with one attached hydrogen (secondary N) is 1. The summed E-state index contributed by atoms with van der Waals surface area (Å²) in [4.78, 5) is 27.1. The molecule has 11 heteroatoms. The van der Waals surface area contributed by atoms with E-state index in [0.717, 1.165) is 6.26 Å². The number of hydrogen-bond acceptors (Lipinski definition) is 6. The van der Waals surface area contributed by atoms with Crippen molar-refractivity contribution >= 4 is 27.5 Å². The number of carbonyl (C=O) groups excluding carboxylic acids is 2. The Morgan fingerprint density at radius 1 is 1.08 bits per heavy atom. The van der Waals surface area contributed by atoms with Gasteiger partial charge in [0, 0.05) is 32.1 Å². The first kappa shape index (κ1) is 27.3. The molecule has 1 atom stereocenters. The highest BCUT2D eigenvalue weighted by Crippen LogP contribution is 2.34. The van der Waals surface area contributed by atoms with Crippen LogP contribution in [0.5, 0.6) is 11.5 Å². The maximum absolute atomic E-state index is 13.3. The second kappa shape index (κ2) is 12.1. The average Bonchev–Trinajstić information content (AvgIpc) is 2.85. The standard InChI is InChI=1S/C25H32FN3O6S/c1-4-27-25(31)18(2)28(17-19-7-9-20(26)10-8-19)24(30)6-5-13-29(36(3,32)33)21-11-12-22-23(16-21)35-15-14-34-22/h7-12,16,18H,4-6,13-15,17H2,1-3H3,(H,27,31)/t18-/m0/s1. The molecule has 1 heterocycles. The van der Waals surface area contributed by atoms with Crippen LogP contribution >= 0.6 is 0 Å². The van der Waals surface area contributed by atoms with Crippen LogP contribution in [0.25, 0.3) is 0 Å². The lowest BCUT2D eigenvalue weighted by Gasteiger charge is -2.29. The zero-order valence-electron chi connectivity index (χ0n) is 20.7. The number of fused-ring (bicyclic) bond motifs is 1. The van der Waals surface area contributed by atoms with Crippen LogP contribution < -0.4 is 19.1 Å². The molecule has 0 fully saturated rings. The number of rotatable bonds is 11. The Bertz CT molecular complexity index is 1170. The number of nitrogens with zero attached hydrogens (tertiary/aromatic N) is 2. The normalized spacial score (nSPS) is 13.6. The number of hydrogen-bond donors (Lipinski definition) is 1. The molecule has 2 aromatic carbocycles. The highest BCUT2D eigenvalue weighted by molar-refractivity contribution is 7.92. The maximum Gasteiger partial charge on any atom is 0.242 e. The van der Waals surface area contributed by atoms with Crippen molar-refractivity contribution in [1.29, 1.82) is 0 Å². The van der Waals surface area contributed by atoms with E-state index in [1.54, 1.807) is 44.2 Å². The van der Waals surface area contributed by atoms with E-state index in [9.17, 15) is 22.4 Å². The summed E-state index contributed by atoms with van der Waals surface area (Å²) in [6, 6.07) is 9.86. The van der Waals surface area contributed by atoms with Gasteiger partial charge in [-0.05, 0) is 50.1 Å². The number of ether oxygens (including phenoxy) is 2. The minimum Gasteiger partial charge on any atom is -0.486 e. The molecule has 0 aliphatic carbocycles. The summed E-state index contributed by atoms with van der Waals surface area (Å²) < 4.78 is 50.7. The number of halogens is 1. The van der Waals surface area contributed by atoms with Crippen molar-refractivity contribution in [3.05, 3.63) is 53.8 Å². The van der Waals surface area contributed by atoms with Gasteiger partial charge in [0.25, 0.3) is 0 Å². The molecule has 0 saturated heterocycles. The lowest BCUT2D eigenvalue weighted by atomic mass is 10.1. The molecule has 0 aromatic heterocycles. The van der Waals surface area contributed by atoms with Crippen LogP contribution in [0.15, 0.2) is 42.5 Å². The van der Waals surface area contributed by atoms with Gasteiger partial charge in [0.15, 0.2) is 11.5 Å². The number of likely N-dealkylation sites (N-methyl/N-ethyl adjacent to an activating group) is 1. The third kappa shape index (κ3) is 7.09. The molecule has 0 unspecified atom stereocenters. The topological polar surface area (TPSA) is 105 Å². The van der Waals surface area contributed by atoms with E-state index in [4.69, 9.17) is 9.47 Å². The monoisotopic (exact) mass is 521 g/mol. The molecule has 36 heavy (non-hydrogen) atoms. The van der Waals surface area contributed by atoms with Crippen molar-refractivity contribution in [3.8, 4) is 11.5 Å². The van der Waals surface area contributed by atoms with E-state index in [1.807, 2.05) is 0 Å². The van der Waals surface area contributed by atoms with Gasteiger partial charge in [-0.25, -0.2) is 12.8 Å². The molecule has 9 nitrogen and oxygen atoms in total. The molecular formula is C25H32FN3O6S. The Hall–Kier alpha value is -3.34. The van der Waals surface area contributed by atoms with Crippen LogP contribution in [-0.2, 0) is 26.2 Å². The molecular weight excluding hydrogens is 489 g/mol. The van der Waals surface area contributed by atoms with Crippen molar-refractivity contribution in [1.82, 2.24) is 10.2 Å². The molecule has 2 aromatic rings. The van der Waals surface area contributed by atoms with Gasteiger partial charge in [-0.2, -0.15) is 0 Å². The molecule has 2 amide bonds. The van der Waals surface area contributed by atoms with Crippen LogP contribution in [0.2, 0.25) is 0 Å². The quantitative estimate of drug-likeness (QED) is 0.488. The summed E-state index contributed by atoms with van der Waals surface area (Å²) in [6.45, 7) is 4.81. The van der Waals surface area contributed by atoms with E-state index in [1.165, 1.54) is 21.3 Å². The fourth-order valence-electron chi connectivity index (χ4n) is 3.88. The van der Waals surface area contributed by atoms with E-state index in [0.29, 0.717) is 42.5 Å². The summed E-state index contributed by atoms with van der Waals surface area (Å²) >= 11 is 0. The molecule has 0 bridgehead atoms. The minimum atomic E-state index is -3.64. The summed E-state index contributed by atoms with van der Waals surface area (Å²) in [5.74, 6) is -0.00164. The Morgan fingerprint density at radius 3 is 2.39 bits per heavy atom. The predicted molar refractivity (Wildman–Crippen MR) is 134 cm³/mol. The first-order chi connectivity index (χ1) is 17.1. The van der Waals surface area contributed by atoms with Gasteiger partial charge in [0.2, 0.25) is 21.8 Å². The molecule has 1 aliphatic rings. The molecule has 0 spiro atoms. The van der Waals surface area contributed by atoms with Crippen molar-refractivity contribution in [3.63, 3.8) is 0 Å². The molecule has 196 valence electrons. The van der Waals surface area contributed by atoms with Gasteiger partial charge in [-0.15, -0.1) is 0 Å². The highest BCUT2D eigenvalue weighted by Gasteiger charge is 2.27. The van der Waals surface area contributed by atoms with Gasteiger partial charge >= 0.3 is 0 Å². The van der Waals surface area contributed by atoms with Gasteiger partial charge in [-0.3, -0.25) is 13.9 Å². The maximum atomic E-state index is 13.3. The van der Waals surface area contributed by atoms with Crippen LogP contribution in [0, 0.1) is 5.82 Å². The van der Waals surface area contributed by atoms with Crippen LogP contribution in [0.4, 0.5) is 10.1 Å². The Balaban J connectivity index is 1.72. The van der Waals surface area contributed by atoms with Gasteiger partial charge < -0.3 is 19.7 Å². The summed E-state index contributed by atoms with van der Waals surface area (Å²) in [5.41, 5.74) is 1.09. The molecule has 3 rings (SSSR count). The Kier molecular flexibility index (Phi) is 9.14. The predicted octanol–water partition coefficient (Wildman–Crippen LogP) is 2.70. The number of sulfonamides is 1. The van der Waals surface area contributed by atoms with Gasteiger partial charge in [0.05, 0.1) is 11.9 Å². The summed E-state index contributed by atoms with van der Waals surface area (Å²) in [7, 11) is -3.64. The number of amides is 2. The Morgan fingerprint density at radius 2 is 1.75 bits per heavy atom. The largest absolute Gasteiger partial charge is 0.486 e. The van der Waals surface area contributed by atoms with E-state index in [-0.39, 0.29) is 37.7 Å². The molecule has 0 saturated carbocycles. The second-order valence-electron chi connectivity index (χ2n) is 8.49. The van der Waals surface area contributed by atoms with Gasteiger partial charge in [-0.1, -0.05) is 12.1 Å². The van der Waals surface area contributed by atoms with Crippen molar-refractivity contribution in [2.75, 3.05) is 36.9 Å². The van der Waals surface area contributed by atoms with Gasteiger partial charge in [0.1, 0.15) is 25.1 Å². The third-order valence-electron chi connectivity index (χ3n) is 5.75. The van der Waals surface area contributed by atoms with Crippen molar-refractivity contribution in [2.45, 2.75) is 39.3 Å². The van der Waals surface area contributed by atoms with E-state index >= 15 is 0 Å². The zero-order chi connectivity index (χ0) is 26.3. The molecule has 1 aliphatic heterocycles. The third-order valence-corrected chi connectivity index (χ3v) is 6.94. The number of benzene rings is 2. The first-order valence-corrected chi connectivity index (χ1v) is 13.6. The SMILES string of the molecule is CCNC(=O)[C@H](C)N(Cc1ccc(F)cc1)C(=O)CCCN(c1ccc2c(c1)OCCO2)S(C)(=O)=O. The van der Waals surface area contributed by atoms with E-state index < -0.39 is 21.9 Å². The number of carbonyl (C=O) groups is 2. The fourth-order valence-corrected chi connectivity index (χ4v) is 4.84. The smallest absolute Gasteiger partial charge is 0.242 e. The fraction of sp³-hybridized carbons (Fsp3) is 0.440. The van der Waals surface area contributed by atoms with Crippen LogP contribution in [0.3, 0.4) is 0 Å². The Labute approximate surface area is 211 Å². The first-order valence-electron chi connectivity index (χ1n) is 11.8. The summed E-state index contributed by atoms with van der Waals surface area (Å²) in [5, 5.41) is 2.71. The van der Waals surface area contributed by atoms with Crippen molar-refractivity contribution < 1.29 is 31.9 Å².